The fraction of sp³-hybridized carbons (Fsp3) is 0. The first-order valence-corrected chi connectivity index (χ1v) is 6.12. The molecule has 0 saturated carbocycles. The lowest BCUT2D eigenvalue weighted by molar-refractivity contribution is 1.09. The summed E-state index contributed by atoms with van der Waals surface area (Å²) in [5.41, 5.74) is 3.77. The molecule has 0 amide bonds. The van der Waals surface area contributed by atoms with Crippen LogP contribution in [0.3, 0.4) is 0 Å². The molecule has 2 aromatic carbocycles. The second-order valence-electron chi connectivity index (χ2n) is 4.26. The Kier molecular flexibility index (Phi) is 2.88. The molecule has 0 aliphatic rings. The van der Waals surface area contributed by atoms with Crippen molar-refractivity contribution in [3.05, 3.63) is 78.5 Å². The maximum absolute atomic E-state index is 9.22. The summed E-state index contributed by atoms with van der Waals surface area (Å²) in [6.45, 7) is 0. The number of nitrogens with zero attached hydrogens (tertiary/aromatic N) is 2. The van der Waals surface area contributed by atoms with Crippen molar-refractivity contribution >= 4 is 0 Å². The van der Waals surface area contributed by atoms with Crippen molar-refractivity contribution in [2.75, 3.05) is 0 Å². The standard InChI is InChI=1S/C17H12N2/c18-13-14-7-4-5-10-16(14)17-11-6-12-19(17)15-8-2-1-3-9-15/h1-12H. The molecule has 0 bridgehead atoms. The van der Waals surface area contributed by atoms with Gasteiger partial charge >= 0.3 is 0 Å². The third kappa shape index (κ3) is 2.02. The van der Waals surface area contributed by atoms with Crippen molar-refractivity contribution in [2.24, 2.45) is 0 Å². The molecule has 1 aromatic heterocycles. The second-order valence-corrected chi connectivity index (χ2v) is 4.26. The van der Waals surface area contributed by atoms with E-state index >= 15 is 0 Å². The van der Waals surface area contributed by atoms with Crippen LogP contribution in [0.15, 0.2) is 72.9 Å². The van der Waals surface area contributed by atoms with Gasteiger partial charge in [-0.05, 0) is 30.3 Å². The number of para-hydroxylation sites is 1. The van der Waals surface area contributed by atoms with E-state index in [1.165, 1.54) is 0 Å². The van der Waals surface area contributed by atoms with Crippen LogP contribution in [-0.4, -0.2) is 4.57 Å². The highest BCUT2D eigenvalue weighted by Crippen LogP contribution is 2.26. The Bertz CT molecular complexity index is 733. The first-order valence-electron chi connectivity index (χ1n) is 6.12. The molecule has 3 aromatic rings. The smallest absolute Gasteiger partial charge is 0.0998 e. The molecule has 19 heavy (non-hydrogen) atoms. The van der Waals surface area contributed by atoms with Gasteiger partial charge in [0, 0.05) is 17.4 Å². The molecule has 0 fully saturated rings. The molecule has 0 aliphatic heterocycles. The Hall–Kier alpha value is -2.79. The summed E-state index contributed by atoms with van der Waals surface area (Å²) in [6.07, 6.45) is 2.01. The second kappa shape index (κ2) is 4.83. The molecule has 0 aliphatic carbocycles. The average Bonchev–Trinajstić information content (AvgIpc) is 2.97. The third-order valence-electron chi connectivity index (χ3n) is 3.11. The lowest BCUT2D eigenvalue weighted by Gasteiger charge is -2.10. The summed E-state index contributed by atoms with van der Waals surface area (Å²) in [5, 5.41) is 9.22. The zero-order valence-electron chi connectivity index (χ0n) is 10.3. The Balaban J connectivity index is 2.19. The lowest BCUT2D eigenvalue weighted by Crippen LogP contribution is -1.95. The van der Waals surface area contributed by atoms with Crippen LogP contribution < -0.4 is 0 Å². The van der Waals surface area contributed by atoms with Gasteiger partial charge in [-0.25, -0.2) is 0 Å². The highest BCUT2D eigenvalue weighted by Gasteiger charge is 2.09. The van der Waals surface area contributed by atoms with Crippen LogP contribution in [0, 0.1) is 11.3 Å². The monoisotopic (exact) mass is 244 g/mol. The molecule has 0 unspecified atom stereocenters. The number of aromatic nitrogens is 1. The molecule has 1 heterocycles. The summed E-state index contributed by atoms with van der Waals surface area (Å²) < 4.78 is 2.09. The minimum atomic E-state index is 0.693. The summed E-state index contributed by atoms with van der Waals surface area (Å²) in [7, 11) is 0. The van der Waals surface area contributed by atoms with Gasteiger partial charge in [-0.3, -0.25) is 0 Å². The topological polar surface area (TPSA) is 28.7 Å². The van der Waals surface area contributed by atoms with E-state index in [0.29, 0.717) is 5.56 Å². The number of rotatable bonds is 2. The fourth-order valence-electron chi connectivity index (χ4n) is 2.22. The first kappa shape index (κ1) is 11.3. The van der Waals surface area contributed by atoms with Crippen LogP contribution in [-0.2, 0) is 0 Å². The first-order chi connectivity index (χ1) is 9.40. The SMILES string of the molecule is N#Cc1ccccc1-c1cccn1-c1ccccc1. The zero-order valence-corrected chi connectivity index (χ0v) is 10.3. The largest absolute Gasteiger partial charge is 0.317 e. The van der Waals surface area contributed by atoms with E-state index < -0.39 is 0 Å². The molecule has 0 atom stereocenters. The molecule has 0 saturated heterocycles. The van der Waals surface area contributed by atoms with Crippen LogP contribution in [0.4, 0.5) is 0 Å². The van der Waals surface area contributed by atoms with E-state index in [1.54, 1.807) is 0 Å². The molecule has 0 spiro atoms. The van der Waals surface area contributed by atoms with Crippen molar-refractivity contribution in [1.29, 1.82) is 5.26 Å². The Morgan fingerprint density at radius 3 is 2.32 bits per heavy atom. The van der Waals surface area contributed by atoms with E-state index in [-0.39, 0.29) is 0 Å². The minimum absolute atomic E-state index is 0.693. The molecular formula is C17H12N2. The number of hydrogen-bond donors (Lipinski definition) is 0. The van der Waals surface area contributed by atoms with Gasteiger partial charge in [0.2, 0.25) is 0 Å². The van der Waals surface area contributed by atoms with E-state index in [0.717, 1.165) is 16.9 Å². The van der Waals surface area contributed by atoms with Gasteiger partial charge in [0.05, 0.1) is 17.3 Å². The van der Waals surface area contributed by atoms with E-state index in [2.05, 4.69) is 22.8 Å². The summed E-state index contributed by atoms with van der Waals surface area (Å²) in [5.74, 6) is 0. The van der Waals surface area contributed by atoms with Gasteiger partial charge in [-0.2, -0.15) is 5.26 Å². The summed E-state index contributed by atoms with van der Waals surface area (Å²) >= 11 is 0. The minimum Gasteiger partial charge on any atom is -0.317 e. The lowest BCUT2D eigenvalue weighted by atomic mass is 10.1. The average molecular weight is 244 g/mol. The van der Waals surface area contributed by atoms with Crippen LogP contribution >= 0.6 is 0 Å². The van der Waals surface area contributed by atoms with Gasteiger partial charge in [-0.15, -0.1) is 0 Å². The number of benzene rings is 2. The molecular weight excluding hydrogens is 232 g/mol. The highest BCUT2D eigenvalue weighted by atomic mass is 15.0. The quantitative estimate of drug-likeness (QED) is 0.669. The van der Waals surface area contributed by atoms with Gasteiger partial charge < -0.3 is 4.57 Å². The van der Waals surface area contributed by atoms with Crippen LogP contribution in [0.2, 0.25) is 0 Å². The predicted octanol–water partition coefficient (Wildman–Crippen LogP) is 4.02. The fourth-order valence-corrected chi connectivity index (χ4v) is 2.22. The summed E-state index contributed by atoms with van der Waals surface area (Å²) in [6, 6.07) is 24.1. The van der Waals surface area contributed by atoms with Gasteiger partial charge in [0.25, 0.3) is 0 Å². The highest BCUT2D eigenvalue weighted by molar-refractivity contribution is 5.69. The van der Waals surface area contributed by atoms with Crippen molar-refractivity contribution in [2.45, 2.75) is 0 Å². The zero-order chi connectivity index (χ0) is 13.1. The maximum atomic E-state index is 9.22. The number of hydrogen-bond acceptors (Lipinski definition) is 1. The molecule has 0 radical (unpaired) electrons. The Morgan fingerprint density at radius 2 is 1.53 bits per heavy atom. The predicted molar refractivity (Wildman–Crippen MR) is 75.9 cm³/mol. The van der Waals surface area contributed by atoms with Crippen LogP contribution in [0.1, 0.15) is 5.56 Å². The van der Waals surface area contributed by atoms with E-state index in [9.17, 15) is 5.26 Å². The van der Waals surface area contributed by atoms with Gasteiger partial charge in [-0.1, -0.05) is 36.4 Å². The molecule has 90 valence electrons. The van der Waals surface area contributed by atoms with Crippen LogP contribution in [0.5, 0.6) is 0 Å². The number of nitriles is 1. The third-order valence-corrected chi connectivity index (χ3v) is 3.11. The molecule has 3 rings (SSSR count). The van der Waals surface area contributed by atoms with Crippen molar-refractivity contribution in [1.82, 2.24) is 4.57 Å². The molecule has 0 N–H and O–H groups in total. The maximum Gasteiger partial charge on any atom is 0.0998 e. The van der Waals surface area contributed by atoms with Crippen molar-refractivity contribution in [3.8, 4) is 23.0 Å². The van der Waals surface area contributed by atoms with Gasteiger partial charge in [0.1, 0.15) is 0 Å². The molecule has 2 nitrogen and oxygen atoms in total. The summed E-state index contributed by atoms with van der Waals surface area (Å²) in [4.78, 5) is 0. The van der Waals surface area contributed by atoms with Crippen molar-refractivity contribution in [3.63, 3.8) is 0 Å². The van der Waals surface area contributed by atoms with E-state index in [4.69, 9.17) is 0 Å². The van der Waals surface area contributed by atoms with E-state index in [1.807, 2.05) is 60.8 Å². The Labute approximate surface area is 112 Å². The van der Waals surface area contributed by atoms with Crippen molar-refractivity contribution < 1.29 is 0 Å². The van der Waals surface area contributed by atoms with Gasteiger partial charge in [0.15, 0.2) is 0 Å². The molecule has 2 heteroatoms. The van der Waals surface area contributed by atoms with Crippen LogP contribution in [0.25, 0.3) is 16.9 Å². The Morgan fingerprint density at radius 1 is 0.789 bits per heavy atom. The normalized spacial score (nSPS) is 10.1.